The van der Waals surface area contributed by atoms with Crippen LogP contribution < -0.4 is 4.90 Å². The Balaban J connectivity index is 2.16. The molecular weight excluding hydrogens is 287 g/mol. The molecule has 16 heavy (non-hydrogen) atoms. The van der Waals surface area contributed by atoms with Gasteiger partial charge in [-0.3, -0.25) is 0 Å². The first-order valence-corrected chi connectivity index (χ1v) is 5.56. The smallest absolute Gasteiger partial charge is 0.329 e. The van der Waals surface area contributed by atoms with E-state index in [1.807, 2.05) is 0 Å². The zero-order valence-corrected chi connectivity index (χ0v) is 9.79. The quantitative estimate of drug-likeness (QED) is 0.859. The lowest BCUT2D eigenvalue weighted by Crippen LogP contribution is -2.37. The van der Waals surface area contributed by atoms with E-state index in [9.17, 15) is 13.2 Å². The summed E-state index contributed by atoms with van der Waals surface area (Å²) in [6.45, 7) is -0.987. The molecule has 2 rings (SSSR count). The minimum absolute atomic E-state index is 0.0669. The van der Waals surface area contributed by atoms with Crippen molar-refractivity contribution in [1.82, 2.24) is 9.97 Å². The first kappa shape index (κ1) is 11.6. The molecule has 0 unspecified atom stereocenters. The van der Waals surface area contributed by atoms with Crippen LogP contribution in [0.15, 0.2) is 16.9 Å². The molecule has 0 saturated heterocycles. The van der Waals surface area contributed by atoms with Gasteiger partial charge in [-0.15, -0.1) is 0 Å². The van der Waals surface area contributed by atoms with Gasteiger partial charge >= 0.3 is 6.18 Å². The van der Waals surface area contributed by atoms with Gasteiger partial charge in [0.2, 0.25) is 5.95 Å². The summed E-state index contributed by atoms with van der Waals surface area (Å²) in [6.07, 6.45) is 0.228. The minimum atomic E-state index is -4.22. The highest BCUT2D eigenvalue weighted by Gasteiger charge is 2.39. The van der Waals surface area contributed by atoms with Crippen molar-refractivity contribution >= 4 is 21.9 Å². The molecule has 1 aromatic rings. The van der Waals surface area contributed by atoms with E-state index in [0.717, 1.165) is 12.8 Å². The predicted octanol–water partition coefficient (Wildman–Crippen LogP) is 2.77. The summed E-state index contributed by atoms with van der Waals surface area (Å²) >= 11 is 3.14. The van der Waals surface area contributed by atoms with Crippen LogP contribution in [0.25, 0.3) is 0 Å². The molecule has 1 aliphatic rings. The molecule has 0 N–H and O–H groups in total. The zero-order valence-electron chi connectivity index (χ0n) is 8.21. The maximum absolute atomic E-state index is 12.4. The van der Waals surface area contributed by atoms with Crippen LogP contribution in [-0.2, 0) is 0 Å². The lowest BCUT2D eigenvalue weighted by Gasteiger charge is -2.23. The van der Waals surface area contributed by atoms with Crippen LogP contribution in [0, 0.1) is 0 Å². The molecule has 0 spiro atoms. The second kappa shape index (κ2) is 4.20. The number of anilines is 1. The van der Waals surface area contributed by atoms with E-state index in [1.165, 1.54) is 17.3 Å². The largest absolute Gasteiger partial charge is 0.406 e. The van der Waals surface area contributed by atoms with E-state index in [4.69, 9.17) is 0 Å². The van der Waals surface area contributed by atoms with Crippen molar-refractivity contribution in [2.24, 2.45) is 0 Å². The second-order valence-corrected chi connectivity index (χ2v) is 4.59. The second-order valence-electron chi connectivity index (χ2n) is 3.68. The number of aromatic nitrogens is 2. The minimum Gasteiger partial charge on any atom is -0.329 e. The van der Waals surface area contributed by atoms with Crippen molar-refractivity contribution in [3.8, 4) is 0 Å². The van der Waals surface area contributed by atoms with Crippen molar-refractivity contribution in [2.45, 2.75) is 25.1 Å². The van der Waals surface area contributed by atoms with E-state index in [-0.39, 0.29) is 12.0 Å². The normalized spacial score (nSPS) is 16.2. The Morgan fingerprint density at radius 3 is 2.31 bits per heavy atom. The van der Waals surface area contributed by atoms with Gasteiger partial charge in [0.1, 0.15) is 6.54 Å². The van der Waals surface area contributed by atoms with Gasteiger partial charge in [-0.25, -0.2) is 9.97 Å². The fourth-order valence-electron chi connectivity index (χ4n) is 1.40. The summed E-state index contributed by atoms with van der Waals surface area (Å²) in [5, 5.41) is 0. The molecule has 0 aromatic carbocycles. The van der Waals surface area contributed by atoms with Gasteiger partial charge in [-0.1, -0.05) is 0 Å². The van der Waals surface area contributed by atoms with E-state index in [1.54, 1.807) is 0 Å². The van der Waals surface area contributed by atoms with Gasteiger partial charge in [0.05, 0.1) is 4.47 Å². The van der Waals surface area contributed by atoms with Crippen LogP contribution >= 0.6 is 15.9 Å². The van der Waals surface area contributed by atoms with Crippen LogP contribution in [0.1, 0.15) is 12.8 Å². The molecule has 0 atom stereocenters. The number of alkyl halides is 3. The fraction of sp³-hybridized carbons (Fsp3) is 0.556. The van der Waals surface area contributed by atoms with E-state index in [0.29, 0.717) is 4.47 Å². The third kappa shape index (κ3) is 3.07. The summed E-state index contributed by atoms with van der Waals surface area (Å²) < 4.78 is 37.7. The summed E-state index contributed by atoms with van der Waals surface area (Å²) in [4.78, 5) is 9.00. The molecule has 1 aromatic heterocycles. The van der Waals surface area contributed by atoms with Crippen molar-refractivity contribution in [3.05, 3.63) is 16.9 Å². The molecular formula is C9H9BrF3N3. The number of nitrogens with zero attached hydrogens (tertiary/aromatic N) is 3. The summed E-state index contributed by atoms with van der Waals surface area (Å²) in [6, 6.07) is -0.0669. The Morgan fingerprint density at radius 1 is 1.31 bits per heavy atom. The van der Waals surface area contributed by atoms with Gasteiger partial charge in [-0.05, 0) is 28.8 Å². The maximum atomic E-state index is 12.4. The maximum Gasteiger partial charge on any atom is 0.406 e. The molecule has 1 heterocycles. The molecule has 1 aliphatic carbocycles. The predicted molar refractivity (Wildman–Crippen MR) is 56.2 cm³/mol. The van der Waals surface area contributed by atoms with Crippen molar-refractivity contribution in [3.63, 3.8) is 0 Å². The molecule has 1 fully saturated rings. The average molecular weight is 296 g/mol. The highest BCUT2D eigenvalue weighted by Crippen LogP contribution is 2.32. The molecule has 7 heteroatoms. The Bertz CT molecular complexity index is 361. The Labute approximate surface area is 98.8 Å². The molecule has 1 saturated carbocycles. The Hall–Kier alpha value is -0.850. The van der Waals surface area contributed by atoms with Crippen LogP contribution in [-0.4, -0.2) is 28.7 Å². The van der Waals surface area contributed by atoms with Crippen molar-refractivity contribution in [1.29, 1.82) is 0 Å². The highest BCUT2D eigenvalue weighted by atomic mass is 79.9. The van der Waals surface area contributed by atoms with Gasteiger partial charge < -0.3 is 4.90 Å². The molecule has 88 valence electrons. The van der Waals surface area contributed by atoms with Crippen LogP contribution in [0.2, 0.25) is 0 Å². The molecule has 0 amide bonds. The van der Waals surface area contributed by atoms with Gasteiger partial charge in [0.25, 0.3) is 0 Å². The zero-order chi connectivity index (χ0) is 11.8. The summed E-state index contributed by atoms with van der Waals surface area (Å²) in [5.41, 5.74) is 0. The van der Waals surface area contributed by atoms with Crippen LogP contribution in [0.5, 0.6) is 0 Å². The molecule has 0 aliphatic heterocycles. The van der Waals surface area contributed by atoms with Crippen molar-refractivity contribution < 1.29 is 13.2 Å². The van der Waals surface area contributed by atoms with E-state index >= 15 is 0 Å². The Kier molecular flexibility index (Phi) is 3.05. The standard InChI is InChI=1S/C9H9BrF3N3/c10-6-3-14-8(15-4-6)16(7-1-2-7)5-9(11,12)13/h3-4,7H,1-2,5H2. The monoisotopic (exact) mass is 295 g/mol. The van der Waals surface area contributed by atoms with Gasteiger partial charge in [0, 0.05) is 18.4 Å². The van der Waals surface area contributed by atoms with Crippen LogP contribution in [0.3, 0.4) is 0 Å². The lowest BCUT2D eigenvalue weighted by molar-refractivity contribution is -0.120. The summed E-state index contributed by atoms with van der Waals surface area (Å²) in [7, 11) is 0. The van der Waals surface area contributed by atoms with Crippen LogP contribution in [0.4, 0.5) is 19.1 Å². The van der Waals surface area contributed by atoms with E-state index in [2.05, 4.69) is 25.9 Å². The van der Waals surface area contributed by atoms with Gasteiger partial charge in [0.15, 0.2) is 0 Å². The summed E-state index contributed by atoms with van der Waals surface area (Å²) in [5.74, 6) is 0.142. The first-order chi connectivity index (χ1) is 7.46. The first-order valence-electron chi connectivity index (χ1n) is 4.76. The fourth-order valence-corrected chi connectivity index (χ4v) is 1.60. The lowest BCUT2D eigenvalue weighted by atomic mass is 10.4. The number of rotatable bonds is 3. The third-order valence-corrected chi connectivity index (χ3v) is 2.61. The number of halogens is 4. The number of hydrogen-bond donors (Lipinski definition) is 0. The van der Waals surface area contributed by atoms with Gasteiger partial charge in [-0.2, -0.15) is 13.2 Å². The molecule has 0 bridgehead atoms. The van der Waals surface area contributed by atoms with E-state index < -0.39 is 12.7 Å². The SMILES string of the molecule is FC(F)(F)CN(c1ncc(Br)cn1)C1CC1. The average Bonchev–Trinajstić information content (AvgIpc) is 2.97. The molecule has 3 nitrogen and oxygen atoms in total. The van der Waals surface area contributed by atoms with Crippen molar-refractivity contribution in [2.75, 3.05) is 11.4 Å². The third-order valence-electron chi connectivity index (χ3n) is 2.20. The highest BCUT2D eigenvalue weighted by molar-refractivity contribution is 9.10. The molecule has 0 radical (unpaired) electrons. The topological polar surface area (TPSA) is 29.0 Å². The number of hydrogen-bond acceptors (Lipinski definition) is 3. The Morgan fingerprint density at radius 2 is 1.88 bits per heavy atom.